The summed E-state index contributed by atoms with van der Waals surface area (Å²) in [7, 11) is 0. The van der Waals surface area contributed by atoms with Gasteiger partial charge in [-0.1, -0.05) is 18.2 Å². The maximum Gasteiger partial charge on any atom is 0.416 e. The first kappa shape index (κ1) is 20.6. The molecule has 28 heavy (non-hydrogen) atoms. The Morgan fingerprint density at radius 1 is 0.786 bits per heavy atom. The summed E-state index contributed by atoms with van der Waals surface area (Å²) in [6.07, 6.45) is -10.2. The Morgan fingerprint density at radius 2 is 1.36 bits per heavy atom. The molecule has 0 spiro atoms. The molecule has 0 radical (unpaired) electrons. The van der Waals surface area contributed by atoms with Crippen molar-refractivity contribution >= 4 is 0 Å². The minimum absolute atomic E-state index is 0.0965. The second-order valence-electron chi connectivity index (χ2n) is 6.34. The zero-order valence-electron chi connectivity index (χ0n) is 14.5. The number of rotatable bonds is 5. The molecule has 1 aliphatic rings. The SMILES string of the molecule is FC(F)(F)c1cc(CNCc2cccc(C3OCCO3)c2)cc(C(F)(F)F)c1. The van der Waals surface area contributed by atoms with Gasteiger partial charge in [0.05, 0.1) is 24.3 Å². The number of nitrogens with one attached hydrogen (secondary N) is 1. The molecule has 2 aromatic rings. The Kier molecular flexibility index (Phi) is 5.97. The maximum atomic E-state index is 12.9. The van der Waals surface area contributed by atoms with Gasteiger partial charge >= 0.3 is 12.4 Å². The summed E-state index contributed by atoms with van der Waals surface area (Å²) >= 11 is 0. The molecular weight excluding hydrogens is 388 g/mol. The Labute approximate surface area is 157 Å². The van der Waals surface area contributed by atoms with Gasteiger partial charge in [0.2, 0.25) is 0 Å². The molecule has 1 heterocycles. The van der Waals surface area contributed by atoms with E-state index in [1.807, 2.05) is 12.1 Å². The molecule has 1 saturated heterocycles. The second kappa shape index (κ2) is 8.10. The van der Waals surface area contributed by atoms with E-state index in [4.69, 9.17) is 9.47 Å². The van der Waals surface area contributed by atoms with E-state index in [-0.39, 0.29) is 24.7 Å². The summed E-state index contributed by atoms with van der Waals surface area (Å²) < 4.78 is 88.2. The summed E-state index contributed by atoms with van der Waals surface area (Å²) in [4.78, 5) is 0. The highest BCUT2D eigenvalue weighted by atomic mass is 19.4. The Balaban J connectivity index is 1.70. The molecule has 0 bridgehead atoms. The van der Waals surface area contributed by atoms with Crippen LogP contribution in [0.3, 0.4) is 0 Å². The van der Waals surface area contributed by atoms with Gasteiger partial charge in [-0.15, -0.1) is 0 Å². The van der Waals surface area contributed by atoms with Crippen molar-refractivity contribution in [2.75, 3.05) is 13.2 Å². The van der Waals surface area contributed by atoms with Crippen LogP contribution < -0.4 is 5.32 Å². The van der Waals surface area contributed by atoms with E-state index < -0.39 is 29.8 Å². The minimum Gasteiger partial charge on any atom is -0.346 e. The topological polar surface area (TPSA) is 30.5 Å². The fraction of sp³-hybridized carbons (Fsp3) is 0.368. The molecule has 1 N–H and O–H groups in total. The highest BCUT2D eigenvalue weighted by molar-refractivity contribution is 5.33. The number of benzene rings is 2. The average Bonchev–Trinajstić information content (AvgIpc) is 3.15. The quantitative estimate of drug-likeness (QED) is 0.706. The summed E-state index contributed by atoms with van der Waals surface area (Å²) in [6.45, 7) is 1.10. The van der Waals surface area contributed by atoms with Crippen LogP contribution in [0.5, 0.6) is 0 Å². The predicted molar refractivity (Wildman–Crippen MR) is 88.1 cm³/mol. The zero-order chi connectivity index (χ0) is 20.4. The third-order valence-corrected chi connectivity index (χ3v) is 4.15. The minimum atomic E-state index is -4.86. The van der Waals surface area contributed by atoms with Crippen LogP contribution in [0.15, 0.2) is 42.5 Å². The molecule has 0 amide bonds. The normalized spacial score (nSPS) is 15.9. The molecule has 0 unspecified atom stereocenters. The van der Waals surface area contributed by atoms with Gasteiger partial charge in [-0.3, -0.25) is 0 Å². The third kappa shape index (κ3) is 5.24. The van der Waals surface area contributed by atoms with Crippen molar-refractivity contribution in [1.82, 2.24) is 5.32 Å². The molecule has 1 fully saturated rings. The monoisotopic (exact) mass is 405 g/mol. The molecule has 0 saturated carbocycles. The van der Waals surface area contributed by atoms with Gasteiger partial charge in [0.15, 0.2) is 6.29 Å². The maximum absolute atomic E-state index is 12.9. The van der Waals surface area contributed by atoms with Crippen molar-refractivity contribution in [3.8, 4) is 0 Å². The Morgan fingerprint density at radius 3 is 1.93 bits per heavy atom. The molecule has 152 valence electrons. The van der Waals surface area contributed by atoms with Crippen molar-refractivity contribution in [3.63, 3.8) is 0 Å². The standard InChI is InChI=1S/C19H17F6NO2/c20-18(21,22)15-7-13(8-16(9-15)19(23,24)25)11-26-10-12-2-1-3-14(6-12)17-27-4-5-28-17/h1-3,6-9,17,26H,4-5,10-11H2. The lowest BCUT2D eigenvalue weighted by molar-refractivity contribution is -0.143. The van der Waals surface area contributed by atoms with Crippen molar-refractivity contribution < 1.29 is 35.8 Å². The number of hydrogen-bond acceptors (Lipinski definition) is 3. The van der Waals surface area contributed by atoms with Crippen LogP contribution in [0.4, 0.5) is 26.3 Å². The molecule has 3 nitrogen and oxygen atoms in total. The van der Waals surface area contributed by atoms with E-state index in [1.165, 1.54) is 0 Å². The van der Waals surface area contributed by atoms with Crippen LogP contribution in [-0.4, -0.2) is 13.2 Å². The van der Waals surface area contributed by atoms with E-state index in [2.05, 4.69) is 5.32 Å². The lowest BCUT2D eigenvalue weighted by atomic mass is 10.0. The van der Waals surface area contributed by atoms with Gasteiger partial charge in [-0.25, -0.2) is 0 Å². The fourth-order valence-electron chi connectivity index (χ4n) is 2.87. The lowest BCUT2D eigenvalue weighted by Crippen LogP contribution is -2.16. The first-order valence-corrected chi connectivity index (χ1v) is 8.44. The van der Waals surface area contributed by atoms with Gasteiger partial charge in [-0.2, -0.15) is 26.3 Å². The van der Waals surface area contributed by atoms with Crippen LogP contribution in [-0.2, 0) is 34.9 Å². The highest BCUT2D eigenvalue weighted by Crippen LogP contribution is 2.36. The smallest absolute Gasteiger partial charge is 0.346 e. The van der Waals surface area contributed by atoms with E-state index >= 15 is 0 Å². The molecule has 0 atom stereocenters. The molecule has 9 heteroatoms. The number of halogens is 6. The molecule has 1 aliphatic heterocycles. The Bertz CT molecular complexity index is 781. The predicted octanol–water partition coefficient (Wildman–Crippen LogP) is 5.06. The number of hydrogen-bond donors (Lipinski definition) is 1. The van der Waals surface area contributed by atoms with Crippen molar-refractivity contribution in [2.45, 2.75) is 31.7 Å². The Hall–Kier alpha value is -2.10. The summed E-state index contributed by atoms with van der Waals surface area (Å²) in [5.41, 5.74) is -1.14. The van der Waals surface area contributed by atoms with Crippen LogP contribution in [0, 0.1) is 0 Å². The lowest BCUT2D eigenvalue weighted by Gasteiger charge is -2.15. The number of alkyl halides is 6. The van der Waals surface area contributed by atoms with Crippen LogP contribution in [0.1, 0.15) is 34.1 Å². The van der Waals surface area contributed by atoms with Crippen LogP contribution in [0.25, 0.3) is 0 Å². The van der Waals surface area contributed by atoms with Gasteiger partial charge < -0.3 is 14.8 Å². The molecule has 3 rings (SSSR count). The zero-order valence-corrected chi connectivity index (χ0v) is 14.5. The summed E-state index contributed by atoms with van der Waals surface area (Å²) in [5.74, 6) is 0. The van der Waals surface area contributed by atoms with E-state index in [1.54, 1.807) is 12.1 Å². The second-order valence-corrected chi connectivity index (χ2v) is 6.34. The first-order chi connectivity index (χ1) is 13.1. The van der Waals surface area contributed by atoms with E-state index in [9.17, 15) is 26.3 Å². The van der Waals surface area contributed by atoms with Crippen molar-refractivity contribution in [1.29, 1.82) is 0 Å². The van der Waals surface area contributed by atoms with Crippen molar-refractivity contribution in [2.24, 2.45) is 0 Å². The fourth-order valence-corrected chi connectivity index (χ4v) is 2.87. The first-order valence-electron chi connectivity index (χ1n) is 8.44. The molecular formula is C19H17F6NO2. The highest BCUT2D eigenvalue weighted by Gasteiger charge is 2.36. The van der Waals surface area contributed by atoms with Gasteiger partial charge in [0.25, 0.3) is 0 Å². The van der Waals surface area contributed by atoms with Gasteiger partial charge in [0.1, 0.15) is 0 Å². The summed E-state index contributed by atoms with van der Waals surface area (Å²) in [5, 5.41) is 2.88. The molecule has 2 aromatic carbocycles. The molecule has 0 aromatic heterocycles. The summed E-state index contributed by atoms with van der Waals surface area (Å²) in [6, 6.07) is 8.77. The molecule has 0 aliphatic carbocycles. The van der Waals surface area contributed by atoms with Crippen LogP contribution in [0.2, 0.25) is 0 Å². The van der Waals surface area contributed by atoms with Gasteiger partial charge in [0, 0.05) is 18.7 Å². The number of ether oxygens (including phenoxy) is 2. The average molecular weight is 405 g/mol. The van der Waals surface area contributed by atoms with E-state index in [0.717, 1.165) is 23.3 Å². The van der Waals surface area contributed by atoms with Gasteiger partial charge in [-0.05, 0) is 35.4 Å². The third-order valence-electron chi connectivity index (χ3n) is 4.15. The largest absolute Gasteiger partial charge is 0.416 e. The van der Waals surface area contributed by atoms with Crippen LogP contribution >= 0.6 is 0 Å². The van der Waals surface area contributed by atoms with E-state index in [0.29, 0.717) is 13.2 Å². The van der Waals surface area contributed by atoms with Crippen molar-refractivity contribution in [3.05, 3.63) is 70.3 Å².